The average Bonchev–Trinajstić information content (AvgIpc) is 2.81. The molecule has 0 fully saturated rings. The second-order valence-electron chi connectivity index (χ2n) is 8.22. The molecule has 3 rings (SSSR count). The third kappa shape index (κ3) is 7.73. The molecule has 0 saturated carbocycles. The van der Waals surface area contributed by atoms with E-state index in [2.05, 4.69) is 39.8 Å². The molecule has 0 bridgehead atoms. The number of halogens is 1. The van der Waals surface area contributed by atoms with Gasteiger partial charge in [0.1, 0.15) is 11.5 Å². The standard InChI is InChI=1S/C26H29BrN2O5S/c1-4-33-22-10-6-21(7-11-22)29-35(31,32)23-12-8-20(9-13-23)28-26(30)19-5-14-25(24(27)17-19)34-16-15-18(2)3/h5-14,17-18,29H,4,15-16H2,1-3H3,(H,28,30). The molecule has 0 saturated heterocycles. The first kappa shape index (κ1) is 26.6. The van der Waals surface area contributed by atoms with Gasteiger partial charge in [0.2, 0.25) is 0 Å². The summed E-state index contributed by atoms with van der Waals surface area (Å²) in [4.78, 5) is 12.7. The number of sulfonamides is 1. The van der Waals surface area contributed by atoms with Gasteiger partial charge in [-0.1, -0.05) is 13.8 Å². The topological polar surface area (TPSA) is 93.7 Å². The summed E-state index contributed by atoms with van der Waals surface area (Å²) >= 11 is 3.45. The third-order valence-electron chi connectivity index (χ3n) is 4.99. The van der Waals surface area contributed by atoms with Crippen LogP contribution < -0.4 is 19.5 Å². The number of amides is 1. The van der Waals surface area contributed by atoms with Crippen LogP contribution in [0.1, 0.15) is 37.6 Å². The molecule has 0 aliphatic carbocycles. The fourth-order valence-electron chi connectivity index (χ4n) is 3.08. The molecular formula is C26H29BrN2O5S. The summed E-state index contributed by atoms with van der Waals surface area (Å²) in [6, 6.07) is 17.8. The molecule has 0 aromatic heterocycles. The van der Waals surface area contributed by atoms with E-state index in [1.807, 2.05) is 6.92 Å². The van der Waals surface area contributed by atoms with Gasteiger partial charge in [-0.2, -0.15) is 0 Å². The second-order valence-corrected chi connectivity index (χ2v) is 10.8. The molecule has 3 aromatic carbocycles. The van der Waals surface area contributed by atoms with Gasteiger partial charge in [0.15, 0.2) is 0 Å². The van der Waals surface area contributed by atoms with Crippen molar-refractivity contribution in [1.82, 2.24) is 0 Å². The van der Waals surface area contributed by atoms with E-state index in [-0.39, 0.29) is 10.8 Å². The first-order chi connectivity index (χ1) is 16.7. The lowest BCUT2D eigenvalue weighted by molar-refractivity contribution is 0.102. The predicted molar refractivity (Wildman–Crippen MR) is 142 cm³/mol. The van der Waals surface area contributed by atoms with Crippen LogP contribution in [0.2, 0.25) is 0 Å². The van der Waals surface area contributed by atoms with Crippen molar-refractivity contribution in [2.45, 2.75) is 32.1 Å². The summed E-state index contributed by atoms with van der Waals surface area (Å²) in [7, 11) is -3.78. The summed E-state index contributed by atoms with van der Waals surface area (Å²) in [5, 5.41) is 2.78. The smallest absolute Gasteiger partial charge is 0.261 e. The highest BCUT2D eigenvalue weighted by Crippen LogP contribution is 2.27. The van der Waals surface area contributed by atoms with E-state index >= 15 is 0 Å². The first-order valence-corrected chi connectivity index (χ1v) is 13.5. The number of rotatable bonds is 11. The largest absolute Gasteiger partial charge is 0.494 e. The average molecular weight is 561 g/mol. The number of benzene rings is 3. The van der Waals surface area contributed by atoms with Gasteiger partial charge in [0.25, 0.3) is 15.9 Å². The van der Waals surface area contributed by atoms with Crippen molar-refractivity contribution >= 4 is 43.2 Å². The molecule has 0 aliphatic heterocycles. The van der Waals surface area contributed by atoms with Crippen LogP contribution in [0.5, 0.6) is 11.5 Å². The molecule has 9 heteroatoms. The molecule has 0 radical (unpaired) electrons. The molecule has 7 nitrogen and oxygen atoms in total. The molecule has 2 N–H and O–H groups in total. The quantitative estimate of drug-likeness (QED) is 0.286. The summed E-state index contributed by atoms with van der Waals surface area (Å²) in [5.74, 6) is 1.57. The normalized spacial score (nSPS) is 11.2. The Kier molecular flexibility index (Phi) is 9.17. The Labute approximate surface area is 215 Å². The molecule has 1 amide bonds. The van der Waals surface area contributed by atoms with Crippen LogP contribution in [-0.4, -0.2) is 27.5 Å². The summed E-state index contributed by atoms with van der Waals surface area (Å²) < 4.78 is 39.8. The third-order valence-corrected chi connectivity index (χ3v) is 7.00. The van der Waals surface area contributed by atoms with Crippen LogP contribution in [0, 0.1) is 5.92 Å². The van der Waals surface area contributed by atoms with Crippen molar-refractivity contribution in [3.63, 3.8) is 0 Å². The highest BCUT2D eigenvalue weighted by atomic mass is 79.9. The molecule has 0 unspecified atom stereocenters. The summed E-state index contributed by atoms with van der Waals surface area (Å²) in [5.41, 5.74) is 1.35. The second kappa shape index (κ2) is 12.1. The van der Waals surface area contributed by atoms with Gasteiger partial charge in [-0.05, 0) is 102 Å². The maximum atomic E-state index is 12.7. The lowest BCUT2D eigenvalue weighted by Crippen LogP contribution is -2.14. The number of hydrogen-bond acceptors (Lipinski definition) is 5. The molecule has 186 valence electrons. The van der Waals surface area contributed by atoms with Crippen LogP contribution in [0.15, 0.2) is 76.1 Å². The van der Waals surface area contributed by atoms with Gasteiger partial charge in [-0.3, -0.25) is 9.52 Å². The minimum Gasteiger partial charge on any atom is -0.494 e. The van der Waals surface area contributed by atoms with E-state index in [0.29, 0.717) is 52.0 Å². The van der Waals surface area contributed by atoms with Crippen molar-refractivity contribution in [3.05, 3.63) is 76.8 Å². The fourth-order valence-corrected chi connectivity index (χ4v) is 4.64. The highest BCUT2D eigenvalue weighted by Gasteiger charge is 2.15. The van der Waals surface area contributed by atoms with Crippen molar-refractivity contribution in [2.75, 3.05) is 23.3 Å². The zero-order chi connectivity index (χ0) is 25.4. The molecule has 0 aliphatic rings. The predicted octanol–water partition coefficient (Wildman–Crippen LogP) is 6.33. The van der Waals surface area contributed by atoms with Gasteiger partial charge in [0.05, 0.1) is 22.6 Å². The minimum absolute atomic E-state index is 0.0787. The number of hydrogen-bond donors (Lipinski definition) is 2. The Morgan fingerprint density at radius 2 is 1.60 bits per heavy atom. The Morgan fingerprint density at radius 3 is 2.20 bits per heavy atom. The monoisotopic (exact) mass is 560 g/mol. The van der Waals surface area contributed by atoms with Gasteiger partial charge >= 0.3 is 0 Å². The van der Waals surface area contributed by atoms with Crippen LogP contribution >= 0.6 is 15.9 Å². The molecule has 0 heterocycles. The Balaban J connectivity index is 1.62. The summed E-state index contributed by atoms with van der Waals surface area (Å²) in [6.45, 7) is 7.27. The van der Waals surface area contributed by atoms with E-state index in [4.69, 9.17) is 9.47 Å². The zero-order valence-corrected chi connectivity index (χ0v) is 22.3. The number of nitrogens with one attached hydrogen (secondary N) is 2. The van der Waals surface area contributed by atoms with Gasteiger partial charge in [-0.25, -0.2) is 8.42 Å². The van der Waals surface area contributed by atoms with Crippen LogP contribution in [0.4, 0.5) is 11.4 Å². The van der Waals surface area contributed by atoms with Crippen LogP contribution in [-0.2, 0) is 10.0 Å². The molecule has 0 spiro atoms. The van der Waals surface area contributed by atoms with Crippen LogP contribution in [0.3, 0.4) is 0 Å². The number of ether oxygens (including phenoxy) is 2. The van der Waals surface area contributed by atoms with Crippen molar-refractivity contribution in [3.8, 4) is 11.5 Å². The fraction of sp³-hybridized carbons (Fsp3) is 0.269. The minimum atomic E-state index is -3.78. The molecular weight excluding hydrogens is 532 g/mol. The van der Waals surface area contributed by atoms with Gasteiger partial charge in [0, 0.05) is 16.9 Å². The summed E-state index contributed by atoms with van der Waals surface area (Å²) in [6.07, 6.45) is 0.941. The van der Waals surface area contributed by atoms with E-state index in [1.54, 1.807) is 54.6 Å². The van der Waals surface area contributed by atoms with Crippen molar-refractivity contribution in [2.24, 2.45) is 5.92 Å². The van der Waals surface area contributed by atoms with E-state index in [9.17, 15) is 13.2 Å². The van der Waals surface area contributed by atoms with Gasteiger partial charge in [-0.15, -0.1) is 0 Å². The van der Waals surface area contributed by atoms with Crippen LogP contribution in [0.25, 0.3) is 0 Å². The van der Waals surface area contributed by atoms with E-state index in [0.717, 1.165) is 6.42 Å². The molecule has 35 heavy (non-hydrogen) atoms. The number of carbonyl (C=O) groups is 1. The maximum Gasteiger partial charge on any atom is 0.261 e. The Morgan fingerprint density at radius 1 is 0.943 bits per heavy atom. The number of carbonyl (C=O) groups excluding carboxylic acids is 1. The zero-order valence-electron chi connectivity index (χ0n) is 19.9. The van der Waals surface area contributed by atoms with E-state index < -0.39 is 10.0 Å². The highest BCUT2D eigenvalue weighted by molar-refractivity contribution is 9.10. The van der Waals surface area contributed by atoms with E-state index in [1.165, 1.54) is 12.1 Å². The molecule has 0 atom stereocenters. The molecule has 3 aromatic rings. The Hall–Kier alpha value is -3.04. The van der Waals surface area contributed by atoms with Gasteiger partial charge < -0.3 is 14.8 Å². The number of anilines is 2. The Bertz CT molecular complexity index is 1240. The first-order valence-electron chi connectivity index (χ1n) is 11.3. The lowest BCUT2D eigenvalue weighted by atomic mass is 10.1. The SMILES string of the molecule is CCOc1ccc(NS(=O)(=O)c2ccc(NC(=O)c3ccc(OCCC(C)C)c(Br)c3)cc2)cc1. The lowest BCUT2D eigenvalue weighted by Gasteiger charge is -2.12. The van der Waals surface area contributed by atoms with Crippen molar-refractivity contribution < 1.29 is 22.7 Å². The maximum absolute atomic E-state index is 12.7. The van der Waals surface area contributed by atoms with Crippen molar-refractivity contribution in [1.29, 1.82) is 0 Å².